The Morgan fingerprint density at radius 1 is 1.08 bits per heavy atom. The Morgan fingerprint density at radius 3 is 2.08 bits per heavy atom. The van der Waals surface area contributed by atoms with Crippen LogP contribution >= 0.6 is 0 Å². The number of esters is 1. The summed E-state index contributed by atoms with van der Waals surface area (Å²) in [6, 6.07) is 8.01. The van der Waals surface area contributed by atoms with Crippen LogP contribution in [-0.4, -0.2) is 24.8 Å². The van der Waals surface area contributed by atoms with E-state index in [2.05, 4.69) is 60.6 Å². The second-order valence-corrected chi connectivity index (χ2v) is 10.5. The SMILES string of the molecule is CC(C)(C)CC(C)(c1ccc(C(=O)OC2(C)CCOC2)cc1)C(C)(C)C. The summed E-state index contributed by atoms with van der Waals surface area (Å²) in [5.74, 6) is -0.266. The minimum atomic E-state index is -0.498. The Labute approximate surface area is 159 Å². The number of ether oxygens (including phenoxy) is 2. The minimum Gasteiger partial charge on any atom is -0.453 e. The zero-order valence-electron chi connectivity index (χ0n) is 17.9. The summed E-state index contributed by atoms with van der Waals surface area (Å²) in [7, 11) is 0. The van der Waals surface area contributed by atoms with Crippen LogP contribution in [0.25, 0.3) is 0 Å². The zero-order chi connectivity index (χ0) is 19.8. The molecule has 1 aromatic carbocycles. The first kappa shape index (κ1) is 21.0. The number of hydrogen-bond acceptors (Lipinski definition) is 3. The molecule has 26 heavy (non-hydrogen) atoms. The van der Waals surface area contributed by atoms with Gasteiger partial charge < -0.3 is 9.47 Å². The van der Waals surface area contributed by atoms with E-state index in [1.165, 1.54) is 5.56 Å². The molecular weight excluding hydrogens is 324 g/mol. The second-order valence-electron chi connectivity index (χ2n) is 10.5. The number of carbonyl (C=O) groups excluding carboxylic acids is 1. The molecule has 2 unspecified atom stereocenters. The molecule has 1 heterocycles. The van der Waals surface area contributed by atoms with Crippen LogP contribution in [0.15, 0.2) is 24.3 Å². The number of rotatable bonds is 4. The highest BCUT2D eigenvalue weighted by Crippen LogP contribution is 2.48. The number of hydrogen-bond donors (Lipinski definition) is 0. The third-order valence-electron chi connectivity index (χ3n) is 5.82. The average molecular weight is 361 g/mol. The van der Waals surface area contributed by atoms with Gasteiger partial charge in [0.1, 0.15) is 5.60 Å². The Hall–Kier alpha value is -1.35. The van der Waals surface area contributed by atoms with Gasteiger partial charge in [0.2, 0.25) is 0 Å². The predicted octanol–water partition coefficient (Wildman–Crippen LogP) is 5.76. The van der Waals surface area contributed by atoms with Crippen LogP contribution in [0.4, 0.5) is 0 Å². The van der Waals surface area contributed by atoms with Gasteiger partial charge in [-0.2, -0.15) is 0 Å². The maximum absolute atomic E-state index is 12.5. The molecule has 2 atom stereocenters. The lowest BCUT2D eigenvalue weighted by Gasteiger charge is -2.46. The van der Waals surface area contributed by atoms with E-state index in [9.17, 15) is 4.79 Å². The Kier molecular flexibility index (Phi) is 5.64. The molecule has 1 aliphatic rings. The van der Waals surface area contributed by atoms with E-state index in [1.54, 1.807) is 0 Å². The van der Waals surface area contributed by atoms with Gasteiger partial charge in [-0.15, -0.1) is 0 Å². The van der Waals surface area contributed by atoms with Gasteiger partial charge in [-0.25, -0.2) is 4.79 Å². The minimum absolute atomic E-state index is 0.0129. The van der Waals surface area contributed by atoms with Crippen molar-refractivity contribution >= 4 is 5.97 Å². The van der Waals surface area contributed by atoms with Crippen LogP contribution in [0.2, 0.25) is 0 Å². The van der Waals surface area contributed by atoms with E-state index in [0.29, 0.717) is 18.8 Å². The van der Waals surface area contributed by atoms with E-state index < -0.39 is 5.60 Å². The molecule has 0 spiro atoms. The van der Waals surface area contributed by atoms with Crippen molar-refractivity contribution in [1.82, 2.24) is 0 Å². The molecule has 0 radical (unpaired) electrons. The largest absolute Gasteiger partial charge is 0.453 e. The van der Waals surface area contributed by atoms with Crippen LogP contribution in [-0.2, 0) is 14.9 Å². The normalized spacial score (nSPS) is 23.5. The van der Waals surface area contributed by atoms with E-state index in [0.717, 1.165) is 12.8 Å². The summed E-state index contributed by atoms with van der Waals surface area (Å²) in [5.41, 5.74) is 1.72. The molecule has 1 fully saturated rings. The van der Waals surface area contributed by atoms with Crippen molar-refractivity contribution in [3.63, 3.8) is 0 Å². The molecule has 3 heteroatoms. The standard InChI is InChI=1S/C23H36O3/c1-20(2,3)15-23(8,21(4,5)6)18-11-9-17(10-12-18)19(24)26-22(7)13-14-25-16-22/h9-12H,13-16H2,1-8H3. The molecule has 0 aromatic heterocycles. The molecule has 0 bridgehead atoms. The molecule has 1 saturated heterocycles. The highest BCUT2D eigenvalue weighted by Gasteiger charge is 2.42. The molecule has 0 amide bonds. The van der Waals surface area contributed by atoms with Gasteiger partial charge in [0.15, 0.2) is 0 Å². The zero-order valence-corrected chi connectivity index (χ0v) is 17.9. The highest BCUT2D eigenvalue weighted by molar-refractivity contribution is 5.89. The Balaban J connectivity index is 2.24. The highest BCUT2D eigenvalue weighted by atomic mass is 16.6. The third-order valence-corrected chi connectivity index (χ3v) is 5.82. The molecule has 0 aliphatic carbocycles. The monoisotopic (exact) mass is 360 g/mol. The molecule has 2 rings (SSSR count). The van der Waals surface area contributed by atoms with Crippen molar-refractivity contribution in [3.05, 3.63) is 35.4 Å². The van der Waals surface area contributed by atoms with E-state index in [1.807, 2.05) is 19.1 Å². The Morgan fingerprint density at radius 2 is 1.65 bits per heavy atom. The van der Waals surface area contributed by atoms with Crippen molar-refractivity contribution in [3.8, 4) is 0 Å². The van der Waals surface area contributed by atoms with Gasteiger partial charge in [0.25, 0.3) is 0 Å². The lowest BCUT2D eigenvalue weighted by Crippen LogP contribution is -2.40. The molecule has 146 valence electrons. The molecule has 0 saturated carbocycles. The summed E-state index contributed by atoms with van der Waals surface area (Å²) in [6.45, 7) is 19.1. The average Bonchev–Trinajstić information content (AvgIpc) is 2.90. The van der Waals surface area contributed by atoms with Gasteiger partial charge in [0.05, 0.1) is 18.8 Å². The van der Waals surface area contributed by atoms with Gasteiger partial charge in [-0.05, 0) is 47.3 Å². The molecule has 1 aliphatic heterocycles. The van der Waals surface area contributed by atoms with Crippen LogP contribution in [0, 0.1) is 10.8 Å². The first-order valence-electron chi connectivity index (χ1n) is 9.68. The summed E-state index contributed by atoms with van der Waals surface area (Å²) in [4.78, 5) is 12.5. The van der Waals surface area contributed by atoms with Crippen LogP contribution in [0.1, 0.15) is 84.2 Å². The smallest absolute Gasteiger partial charge is 0.338 e. The summed E-state index contributed by atoms with van der Waals surface area (Å²) in [6.07, 6.45) is 1.83. The molecule has 0 N–H and O–H groups in total. The van der Waals surface area contributed by atoms with Crippen molar-refractivity contribution in [2.45, 2.75) is 79.2 Å². The van der Waals surface area contributed by atoms with Crippen LogP contribution in [0.3, 0.4) is 0 Å². The fourth-order valence-corrected chi connectivity index (χ4v) is 3.85. The maximum atomic E-state index is 12.5. The van der Waals surface area contributed by atoms with Crippen molar-refractivity contribution in [2.24, 2.45) is 10.8 Å². The summed E-state index contributed by atoms with van der Waals surface area (Å²) in [5, 5.41) is 0. The van der Waals surface area contributed by atoms with Gasteiger partial charge in [-0.1, -0.05) is 60.6 Å². The van der Waals surface area contributed by atoms with Gasteiger partial charge >= 0.3 is 5.97 Å². The predicted molar refractivity (Wildman–Crippen MR) is 107 cm³/mol. The molecule has 1 aromatic rings. The number of carbonyl (C=O) groups is 1. The van der Waals surface area contributed by atoms with Crippen molar-refractivity contribution in [2.75, 3.05) is 13.2 Å². The fraction of sp³-hybridized carbons (Fsp3) is 0.696. The van der Waals surface area contributed by atoms with Crippen molar-refractivity contribution < 1.29 is 14.3 Å². The Bertz CT molecular complexity index is 625. The summed E-state index contributed by atoms with van der Waals surface area (Å²) < 4.78 is 11.1. The second kappa shape index (κ2) is 6.99. The third kappa shape index (κ3) is 4.68. The van der Waals surface area contributed by atoms with E-state index >= 15 is 0 Å². The van der Waals surface area contributed by atoms with Crippen LogP contribution in [0.5, 0.6) is 0 Å². The first-order chi connectivity index (χ1) is 11.8. The van der Waals surface area contributed by atoms with Gasteiger partial charge in [0, 0.05) is 6.42 Å². The maximum Gasteiger partial charge on any atom is 0.338 e. The fourth-order valence-electron chi connectivity index (χ4n) is 3.85. The van der Waals surface area contributed by atoms with E-state index in [4.69, 9.17) is 9.47 Å². The van der Waals surface area contributed by atoms with Crippen molar-refractivity contribution in [1.29, 1.82) is 0 Å². The quantitative estimate of drug-likeness (QED) is 0.640. The topological polar surface area (TPSA) is 35.5 Å². The van der Waals surface area contributed by atoms with Crippen LogP contribution < -0.4 is 0 Å². The van der Waals surface area contributed by atoms with E-state index in [-0.39, 0.29) is 22.2 Å². The molecular formula is C23H36O3. The molecule has 3 nitrogen and oxygen atoms in total. The lowest BCUT2D eigenvalue weighted by molar-refractivity contribution is -0.0133. The van der Waals surface area contributed by atoms with Gasteiger partial charge in [-0.3, -0.25) is 0 Å². The first-order valence-corrected chi connectivity index (χ1v) is 9.68. The lowest BCUT2D eigenvalue weighted by atomic mass is 9.58. The number of benzene rings is 1. The summed E-state index contributed by atoms with van der Waals surface area (Å²) >= 11 is 0.